The summed E-state index contributed by atoms with van der Waals surface area (Å²) < 4.78 is 0. The van der Waals surface area contributed by atoms with E-state index in [9.17, 15) is 0 Å². The number of nitrogens with one attached hydrogen (secondary N) is 1. The Morgan fingerprint density at radius 2 is 2.24 bits per heavy atom. The third-order valence-corrected chi connectivity index (χ3v) is 4.36. The minimum absolute atomic E-state index is 0.706. The van der Waals surface area contributed by atoms with E-state index < -0.39 is 0 Å². The Bertz CT molecular complexity index is 388. The molecule has 2 nitrogen and oxygen atoms in total. The second-order valence-corrected chi connectivity index (χ2v) is 5.34. The van der Waals surface area contributed by atoms with Crippen molar-refractivity contribution in [2.45, 2.75) is 44.7 Å². The second-order valence-electron chi connectivity index (χ2n) is 5.34. The molecular weight excluding hydrogens is 208 g/mol. The van der Waals surface area contributed by atoms with Crippen LogP contribution in [-0.4, -0.2) is 30.1 Å². The molecule has 0 amide bonds. The first kappa shape index (κ1) is 11.1. The number of likely N-dealkylation sites (tertiary alicyclic amines) is 1. The van der Waals surface area contributed by atoms with Crippen molar-refractivity contribution in [2.75, 3.05) is 18.4 Å². The standard InChI is InChI=1S/C15H22N2/c1-2-13-7-5-9-17(13)14-10-12-6-3-4-8-15(12)16-11-14/h3-4,6,8,13-14,16H,2,5,7,9-11H2,1H3. The number of anilines is 1. The zero-order valence-electron chi connectivity index (χ0n) is 10.7. The summed E-state index contributed by atoms with van der Waals surface area (Å²) >= 11 is 0. The highest BCUT2D eigenvalue weighted by Crippen LogP contribution is 2.29. The van der Waals surface area contributed by atoms with E-state index in [1.165, 1.54) is 43.5 Å². The molecule has 1 saturated heterocycles. The van der Waals surface area contributed by atoms with Gasteiger partial charge in [0.05, 0.1) is 0 Å². The van der Waals surface area contributed by atoms with Gasteiger partial charge in [0.15, 0.2) is 0 Å². The maximum atomic E-state index is 3.59. The van der Waals surface area contributed by atoms with Crippen molar-refractivity contribution in [3.8, 4) is 0 Å². The predicted octanol–water partition coefficient (Wildman–Crippen LogP) is 2.90. The number of nitrogens with zero attached hydrogens (tertiary/aromatic N) is 1. The third kappa shape index (κ3) is 2.06. The molecule has 2 heterocycles. The first-order valence-electron chi connectivity index (χ1n) is 6.96. The van der Waals surface area contributed by atoms with Crippen LogP contribution in [0.1, 0.15) is 31.7 Å². The average molecular weight is 230 g/mol. The van der Waals surface area contributed by atoms with Crippen molar-refractivity contribution in [3.05, 3.63) is 29.8 Å². The highest BCUT2D eigenvalue weighted by molar-refractivity contribution is 5.53. The zero-order valence-corrected chi connectivity index (χ0v) is 10.7. The third-order valence-electron chi connectivity index (χ3n) is 4.36. The Hall–Kier alpha value is -1.02. The molecule has 17 heavy (non-hydrogen) atoms. The van der Waals surface area contributed by atoms with E-state index in [-0.39, 0.29) is 0 Å². The molecular formula is C15H22N2. The molecule has 2 aliphatic rings. The Morgan fingerprint density at radius 3 is 3.12 bits per heavy atom. The van der Waals surface area contributed by atoms with E-state index in [2.05, 4.69) is 41.4 Å². The summed E-state index contributed by atoms with van der Waals surface area (Å²) in [5.74, 6) is 0. The van der Waals surface area contributed by atoms with Crippen molar-refractivity contribution in [3.63, 3.8) is 0 Å². The summed E-state index contributed by atoms with van der Waals surface area (Å²) in [7, 11) is 0. The molecule has 0 radical (unpaired) electrons. The fourth-order valence-corrected chi connectivity index (χ4v) is 3.44. The van der Waals surface area contributed by atoms with Crippen molar-refractivity contribution < 1.29 is 0 Å². The van der Waals surface area contributed by atoms with Gasteiger partial charge in [-0.15, -0.1) is 0 Å². The molecule has 0 aliphatic carbocycles. The molecule has 92 valence electrons. The van der Waals surface area contributed by atoms with Gasteiger partial charge in [-0.2, -0.15) is 0 Å². The van der Waals surface area contributed by atoms with Gasteiger partial charge in [0.2, 0.25) is 0 Å². The molecule has 2 aliphatic heterocycles. The van der Waals surface area contributed by atoms with Crippen molar-refractivity contribution in [2.24, 2.45) is 0 Å². The van der Waals surface area contributed by atoms with Gasteiger partial charge < -0.3 is 5.32 Å². The Balaban J connectivity index is 1.75. The smallest absolute Gasteiger partial charge is 0.0373 e. The van der Waals surface area contributed by atoms with Gasteiger partial charge in [-0.3, -0.25) is 4.90 Å². The summed E-state index contributed by atoms with van der Waals surface area (Å²) in [5, 5.41) is 3.59. The Kier molecular flexibility index (Phi) is 3.06. The van der Waals surface area contributed by atoms with Crippen LogP contribution in [0.15, 0.2) is 24.3 Å². The van der Waals surface area contributed by atoms with Crippen LogP contribution >= 0.6 is 0 Å². The van der Waals surface area contributed by atoms with Gasteiger partial charge in [0.25, 0.3) is 0 Å². The fraction of sp³-hybridized carbons (Fsp3) is 0.600. The predicted molar refractivity (Wildman–Crippen MR) is 72.4 cm³/mol. The lowest BCUT2D eigenvalue weighted by Crippen LogP contribution is -2.46. The highest BCUT2D eigenvalue weighted by atomic mass is 15.2. The molecule has 0 aromatic heterocycles. The second kappa shape index (κ2) is 4.69. The highest BCUT2D eigenvalue weighted by Gasteiger charge is 2.31. The fourth-order valence-electron chi connectivity index (χ4n) is 3.44. The summed E-state index contributed by atoms with van der Waals surface area (Å²) in [4.78, 5) is 2.74. The van der Waals surface area contributed by atoms with Crippen LogP contribution in [0, 0.1) is 0 Å². The minimum Gasteiger partial charge on any atom is -0.383 e. The van der Waals surface area contributed by atoms with E-state index in [0.29, 0.717) is 6.04 Å². The summed E-state index contributed by atoms with van der Waals surface area (Å²) in [6.07, 6.45) is 5.31. The lowest BCUT2D eigenvalue weighted by Gasteiger charge is -2.36. The molecule has 0 bridgehead atoms. The van der Waals surface area contributed by atoms with Crippen LogP contribution in [0.25, 0.3) is 0 Å². The average Bonchev–Trinajstić information content (AvgIpc) is 2.86. The summed E-state index contributed by atoms with van der Waals surface area (Å²) in [6, 6.07) is 10.3. The lowest BCUT2D eigenvalue weighted by molar-refractivity contribution is 0.179. The van der Waals surface area contributed by atoms with Gasteiger partial charge in [-0.05, 0) is 43.9 Å². The molecule has 0 spiro atoms. The number of para-hydroxylation sites is 1. The summed E-state index contributed by atoms with van der Waals surface area (Å²) in [6.45, 7) is 4.74. The van der Waals surface area contributed by atoms with Gasteiger partial charge in [0.1, 0.15) is 0 Å². The van der Waals surface area contributed by atoms with Gasteiger partial charge in [-0.25, -0.2) is 0 Å². The molecule has 2 heteroatoms. The zero-order chi connectivity index (χ0) is 11.7. The lowest BCUT2D eigenvalue weighted by atomic mass is 9.97. The molecule has 1 fully saturated rings. The molecule has 2 unspecified atom stereocenters. The van der Waals surface area contributed by atoms with E-state index in [4.69, 9.17) is 0 Å². The first-order chi connectivity index (χ1) is 8.38. The van der Waals surface area contributed by atoms with Crippen molar-refractivity contribution in [1.82, 2.24) is 4.90 Å². The number of hydrogen-bond donors (Lipinski definition) is 1. The minimum atomic E-state index is 0.706. The van der Waals surface area contributed by atoms with Crippen LogP contribution in [0.4, 0.5) is 5.69 Å². The largest absolute Gasteiger partial charge is 0.383 e. The van der Waals surface area contributed by atoms with Crippen LogP contribution in [0.3, 0.4) is 0 Å². The monoisotopic (exact) mass is 230 g/mol. The quantitative estimate of drug-likeness (QED) is 0.840. The maximum absolute atomic E-state index is 3.59. The number of hydrogen-bond acceptors (Lipinski definition) is 2. The van der Waals surface area contributed by atoms with Crippen LogP contribution in [0.2, 0.25) is 0 Å². The topological polar surface area (TPSA) is 15.3 Å². The van der Waals surface area contributed by atoms with Crippen LogP contribution in [0.5, 0.6) is 0 Å². The van der Waals surface area contributed by atoms with Crippen LogP contribution in [-0.2, 0) is 6.42 Å². The van der Waals surface area contributed by atoms with Gasteiger partial charge in [0, 0.05) is 24.3 Å². The van der Waals surface area contributed by atoms with Crippen molar-refractivity contribution >= 4 is 5.69 Å². The molecule has 3 rings (SSSR count). The molecule has 1 aromatic rings. The number of fused-ring (bicyclic) bond motifs is 1. The Labute approximate surface area is 104 Å². The van der Waals surface area contributed by atoms with E-state index in [1.54, 1.807) is 0 Å². The molecule has 0 saturated carbocycles. The molecule has 1 aromatic carbocycles. The maximum Gasteiger partial charge on any atom is 0.0373 e. The molecule has 2 atom stereocenters. The van der Waals surface area contributed by atoms with E-state index in [1.807, 2.05) is 0 Å². The van der Waals surface area contributed by atoms with Gasteiger partial charge in [-0.1, -0.05) is 25.1 Å². The van der Waals surface area contributed by atoms with E-state index >= 15 is 0 Å². The van der Waals surface area contributed by atoms with E-state index in [0.717, 1.165) is 12.6 Å². The SMILES string of the molecule is CCC1CCCN1C1CNc2ccccc2C1. The normalized spacial score (nSPS) is 28.8. The Morgan fingerprint density at radius 1 is 1.35 bits per heavy atom. The first-order valence-corrected chi connectivity index (χ1v) is 6.96. The van der Waals surface area contributed by atoms with Crippen LogP contribution < -0.4 is 5.32 Å². The summed E-state index contributed by atoms with van der Waals surface area (Å²) in [5.41, 5.74) is 2.83. The van der Waals surface area contributed by atoms with Gasteiger partial charge >= 0.3 is 0 Å². The molecule has 1 N–H and O–H groups in total. The number of rotatable bonds is 2. The number of benzene rings is 1. The van der Waals surface area contributed by atoms with Crippen molar-refractivity contribution in [1.29, 1.82) is 0 Å².